The van der Waals surface area contributed by atoms with Crippen molar-refractivity contribution >= 4 is 22.8 Å². The molecular weight excluding hydrogens is 290 g/mol. The molecule has 0 aliphatic rings. The van der Waals surface area contributed by atoms with E-state index >= 15 is 0 Å². The summed E-state index contributed by atoms with van der Waals surface area (Å²) < 4.78 is 1.61. The predicted octanol–water partition coefficient (Wildman–Crippen LogP) is 3.57. The smallest absolute Gasteiger partial charge is 0.307 e. The van der Waals surface area contributed by atoms with Gasteiger partial charge in [0.25, 0.3) is 5.91 Å². The van der Waals surface area contributed by atoms with Crippen LogP contribution in [0.1, 0.15) is 27.2 Å². The van der Waals surface area contributed by atoms with Crippen molar-refractivity contribution in [3.05, 3.63) is 70.9 Å². The number of hydrogen-bond acceptors (Lipinski definition) is 2. The van der Waals surface area contributed by atoms with Gasteiger partial charge in [0.15, 0.2) is 0 Å². The summed E-state index contributed by atoms with van der Waals surface area (Å²) in [5, 5.41) is 9.96. The Labute approximate surface area is 134 Å². The van der Waals surface area contributed by atoms with Crippen LogP contribution in [0.25, 0.3) is 10.9 Å². The second-order valence-corrected chi connectivity index (χ2v) is 5.66. The van der Waals surface area contributed by atoms with Gasteiger partial charge in [0.05, 0.1) is 11.9 Å². The molecule has 2 aromatic carbocycles. The van der Waals surface area contributed by atoms with E-state index in [0.717, 1.165) is 16.5 Å². The quantitative estimate of drug-likeness (QED) is 0.804. The predicted molar refractivity (Wildman–Crippen MR) is 88.9 cm³/mol. The monoisotopic (exact) mass is 307 g/mol. The number of para-hydroxylation sites is 1. The average Bonchev–Trinajstić information content (AvgIpc) is 2.80. The highest BCUT2D eigenvalue weighted by Crippen LogP contribution is 2.27. The summed E-state index contributed by atoms with van der Waals surface area (Å²) in [6, 6.07) is 14.8. The maximum Gasteiger partial charge on any atom is 0.307 e. The fraction of sp³-hybridized carbons (Fsp3) is 0.158. The third kappa shape index (κ3) is 2.63. The molecule has 0 aliphatic heterocycles. The van der Waals surface area contributed by atoms with E-state index in [2.05, 4.69) is 0 Å². The van der Waals surface area contributed by atoms with Crippen LogP contribution in [0, 0.1) is 13.8 Å². The molecule has 0 saturated carbocycles. The first-order valence-corrected chi connectivity index (χ1v) is 7.41. The largest absolute Gasteiger partial charge is 0.481 e. The Morgan fingerprint density at radius 1 is 1.00 bits per heavy atom. The minimum atomic E-state index is -0.904. The van der Waals surface area contributed by atoms with E-state index in [1.807, 2.05) is 43.3 Å². The molecular formula is C19H17NO3. The Kier molecular flexibility index (Phi) is 3.74. The number of aromatic nitrogens is 1. The van der Waals surface area contributed by atoms with E-state index in [0.29, 0.717) is 16.8 Å². The molecule has 23 heavy (non-hydrogen) atoms. The Hall–Kier alpha value is -2.88. The summed E-state index contributed by atoms with van der Waals surface area (Å²) >= 11 is 0. The lowest BCUT2D eigenvalue weighted by Crippen LogP contribution is -2.14. The van der Waals surface area contributed by atoms with Crippen LogP contribution in [0.15, 0.2) is 48.5 Å². The van der Waals surface area contributed by atoms with Gasteiger partial charge in [-0.05, 0) is 37.6 Å². The molecule has 0 bridgehead atoms. The third-order valence-electron chi connectivity index (χ3n) is 4.07. The van der Waals surface area contributed by atoms with Crippen molar-refractivity contribution in [3.8, 4) is 0 Å². The number of carboxylic acid groups (broad SMARTS) is 1. The first-order valence-electron chi connectivity index (χ1n) is 7.41. The molecule has 4 heteroatoms. The molecule has 116 valence electrons. The minimum absolute atomic E-state index is 0.0967. The van der Waals surface area contributed by atoms with Crippen LogP contribution >= 0.6 is 0 Å². The van der Waals surface area contributed by atoms with Crippen LogP contribution in [0.2, 0.25) is 0 Å². The van der Waals surface area contributed by atoms with Crippen molar-refractivity contribution in [2.24, 2.45) is 0 Å². The number of hydrogen-bond donors (Lipinski definition) is 1. The molecule has 0 unspecified atom stereocenters. The van der Waals surface area contributed by atoms with Gasteiger partial charge in [0.2, 0.25) is 0 Å². The summed E-state index contributed by atoms with van der Waals surface area (Å²) in [5.41, 5.74) is 3.78. The molecule has 4 nitrogen and oxygen atoms in total. The number of rotatable bonds is 3. The zero-order chi connectivity index (χ0) is 16.6. The molecule has 3 rings (SSSR count). The molecule has 0 saturated heterocycles. The van der Waals surface area contributed by atoms with Crippen molar-refractivity contribution < 1.29 is 14.7 Å². The Balaban J connectivity index is 2.21. The number of aryl methyl sites for hydroxylation is 1. The van der Waals surface area contributed by atoms with E-state index in [1.54, 1.807) is 23.6 Å². The number of benzene rings is 2. The molecule has 1 N–H and O–H groups in total. The molecule has 0 fully saturated rings. The second kappa shape index (κ2) is 5.72. The number of carboxylic acids is 1. The minimum Gasteiger partial charge on any atom is -0.481 e. The van der Waals surface area contributed by atoms with Gasteiger partial charge in [-0.25, -0.2) is 0 Å². The van der Waals surface area contributed by atoms with E-state index in [4.69, 9.17) is 5.11 Å². The van der Waals surface area contributed by atoms with Crippen molar-refractivity contribution in [1.29, 1.82) is 0 Å². The van der Waals surface area contributed by atoms with Gasteiger partial charge in [-0.1, -0.05) is 35.9 Å². The van der Waals surface area contributed by atoms with Crippen LogP contribution in [0.4, 0.5) is 0 Å². The van der Waals surface area contributed by atoms with E-state index < -0.39 is 5.97 Å². The van der Waals surface area contributed by atoms with Crippen molar-refractivity contribution in [1.82, 2.24) is 4.57 Å². The molecule has 0 aliphatic carbocycles. The Morgan fingerprint density at radius 3 is 2.30 bits per heavy atom. The lowest BCUT2D eigenvalue weighted by atomic mass is 10.1. The maximum absolute atomic E-state index is 12.9. The highest BCUT2D eigenvalue weighted by atomic mass is 16.4. The Morgan fingerprint density at radius 2 is 1.65 bits per heavy atom. The Bertz CT molecular complexity index is 904. The SMILES string of the molecule is Cc1ccc(C(=O)n2c(C)c(CC(=O)O)c3ccccc32)cc1. The first kappa shape index (κ1) is 15.0. The standard InChI is InChI=1S/C19H17NO3/c1-12-7-9-14(10-8-12)19(23)20-13(2)16(11-18(21)22)15-5-3-4-6-17(15)20/h3-10H,11H2,1-2H3,(H,21,22). The summed E-state index contributed by atoms with van der Waals surface area (Å²) in [4.78, 5) is 24.1. The molecule has 0 radical (unpaired) electrons. The fourth-order valence-corrected chi connectivity index (χ4v) is 2.90. The summed E-state index contributed by atoms with van der Waals surface area (Å²) in [6.45, 7) is 3.76. The summed E-state index contributed by atoms with van der Waals surface area (Å²) in [6.07, 6.45) is -0.0967. The highest BCUT2D eigenvalue weighted by Gasteiger charge is 2.20. The van der Waals surface area contributed by atoms with Gasteiger partial charge in [-0.3, -0.25) is 14.2 Å². The van der Waals surface area contributed by atoms with Crippen LogP contribution in [0.3, 0.4) is 0 Å². The zero-order valence-electron chi connectivity index (χ0n) is 13.0. The van der Waals surface area contributed by atoms with Crippen LogP contribution in [-0.4, -0.2) is 21.6 Å². The zero-order valence-corrected chi connectivity index (χ0v) is 13.0. The van der Waals surface area contributed by atoms with E-state index in [1.165, 1.54) is 0 Å². The number of fused-ring (bicyclic) bond motifs is 1. The first-order chi connectivity index (χ1) is 11.0. The van der Waals surface area contributed by atoms with Crippen molar-refractivity contribution in [2.75, 3.05) is 0 Å². The molecule has 0 spiro atoms. The topological polar surface area (TPSA) is 59.3 Å². The van der Waals surface area contributed by atoms with E-state index in [-0.39, 0.29) is 12.3 Å². The molecule has 1 aromatic heterocycles. The van der Waals surface area contributed by atoms with Crippen LogP contribution < -0.4 is 0 Å². The van der Waals surface area contributed by atoms with Crippen LogP contribution in [-0.2, 0) is 11.2 Å². The molecule has 0 amide bonds. The maximum atomic E-state index is 12.9. The van der Waals surface area contributed by atoms with Crippen LogP contribution in [0.5, 0.6) is 0 Å². The third-order valence-corrected chi connectivity index (χ3v) is 4.07. The lowest BCUT2D eigenvalue weighted by Gasteiger charge is -2.07. The van der Waals surface area contributed by atoms with Gasteiger partial charge in [0.1, 0.15) is 0 Å². The lowest BCUT2D eigenvalue weighted by molar-refractivity contribution is -0.136. The highest BCUT2D eigenvalue weighted by molar-refractivity contribution is 6.04. The number of nitrogens with zero attached hydrogens (tertiary/aromatic N) is 1. The van der Waals surface area contributed by atoms with Gasteiger partial charge < -0.3 is 5.11 Å². The van der Waals surface area contributed by atoms with Gasteiger partial charge in [0, 0.05) is 16.6 Å². The fourth-order valence-electron chi connectivity index (χ4n) is 2.90. The van der Waals surface area contributed by atoms with E-state index in [9.17, 15) is 9.59 Å². The number of carbonyl (C=O) groups excluding carboxylic acids is 1. The van der Waals surface area contributed by atoms with Crippen molar-refractivity contribution in [3.63, 3.8) is 0 Å². The summed E-state index contributed by atoms with van der Waals surface area (Å²) in [7, 11) is 0. The molecule has 1 heterocycles. The second-order valence-electron chi connectivity index (χ2n) is 5.66. The van der Waals surface area contributed by atoms with Gasteiger partial charge in [-0.15, -0.1) is 0 Å². The summed E-state index contributed by atoms with van der Waals surface area (Å²) in [5.74, 6) is -1.05. The van der Waals surface area contributed by atoms with Gasteiger partial charge >= 0.3 is 5.97 Å². The normalized spacial score (nSPS) is 10.9. The van der Waals surface area contributed by atoms with Crippen molar-refractivity contribution in [2.45, 2.75) is 20.3 Å². The van der Waals surface area contributed by atoms with Gasteiger partial charge in [-0.2, -0.15) is 0 Å². The number of carbonyl (C=O) groups is 2. The molecule has 0 atom stereocenters. The average molecular weight is 307 g/mol. The molecule has 3 aromatic rings. The number of aliphatic carboxylic acids is 1.